The van der Waals surface area contributed by atoms with Gasteiger partial charge in [0, 0.05) is 24.9 Å². The molecule has 5 nitrogen and oxygen atoms in total. The van der Waals surface area contributed by atoms with Gasteiger partial charge in [0.15, 0.2) is 0 Å². The summed E-state index contributed by atoms with van der Waals surface area (Å²) in [7, 11) is 0. The first-order valence-corrected chi connectivity index (χ1v) is 7.68. The lowest BCUT2D eigenvalue weighted by atomic mass is 9.88. The Morgan fingerprint density at radius 2 is 1.71 bits per heavy atom. The van der Waals surface area contributed by atoms with Gasteiger partial charge in [0.1, 0.15) is 0 Å². The third-order valence-electron chi connectivity index (χ3n) is 4.10. The van der Waals surface area contributed by atoms with E-state index in [0.717, 1.165) is 16.3 Å². The van der Waals surface area contributed by atoms with E-state index < -0.39 is 18.1 Å². The van der Waals surface area contributed by atoms with Crippen LogP contribution in [0.15, 0.2) is 67.0 Å². The van der Waals surface area contributed by atoms with E-state index in [4.69, 9.17) is 5.11 Å². The number of amides is 1. The molecule has 0 radical (unpaired) electrons. The van der Waals surface area contributed by atoms with E-state index in [1.54, 1.807) is 24.5 Å². The van der Waals surface area contributed by atoms with Crippen molar-refractivity contribution in [1.29, 1.82) is 0 Å². The van der Waals surface area contributed by atoms with Crippen molar-refractivity contribution in [3.8, 4) is 0 Å². The summed E-state index contributed by atoms with van der Waals surface area (Å²) in [5, 5.41) is 24.2. The van der Waals surface area contributed by atoms with Crippen molar-refractivity contribution < 1.29 is 15.0 Å². The van der Waals surface area contributed by atoms with Crippen LogP contribution in [0.5, 0.6) is 0 Å². The maximum absolute atomic E-state index is 10.9. The molecule has 2 unspecified atom stereocenters. The van der Waals surface area contributed by atoms with Gasteiger partial charge >= 0.3 is 6.09 Å². The molecule has 0 aliphatic rings. The summed E-state index contributed by atoms with van der Waals surface area (Å²) in [6.45, 7) is 0.122. The van der Waals surface area contributed by atoms with Gasteiger partial charge in [-0.2, -0.15) is 0 Å². The van der Waals surface area contributed by atoms with Crippen molar-refractivity contribution in [1.82, 2.24) is 10.3 Å². The van der Waals surface area contributed by atoms with E-state index in [0.29, 0.717) is 5.56 Å². The number of pyridine rings is 1. The predicted octanol–water partition coefficient (Wildman–Crippen LogP) is 3.32. The minimum atomic E-state index is -1.11. The van der Waals surface area contributed by atoms with Crippen molar-refractivity contribution in [3.05, 3.63) is 78.1 Å². The van der Waals surface area contributed by atoms with Crippen LogP contribution in [0.25, 0.3) is 10.8 Å². The molecule has 5 heteroatoms. The highest BCUT2D eigenvalue weighted by Crippen LogP contribution is 2.32. The molecule has 2 atom stereocenters. The summed E-state index contributed by atoms with van der Waals surface area (Å²) in [6.07, 6.45) is 1.28. The van der Waals surface area contributed by atoms with Crippen LogP contribution in [0.1, 0.15) is 23.1 Å². The Kier molecular flexibility index (Phi) is 4.72. The molecule has 0 fully saturated rings. The second-order valence-electron chi connectivity index (χ2n) is 5.62. The first kappa shape index (κ1) is 16.0. The number of carbonyl (C=O) groups is 1. The number of hydrogen-bond acceptors (Lipinski definition) is 3. The second-order valence-corrected chi connectivity index (χ2v) is 5.62. The van der Waals surface area contributed by atoms with Crippen LogP contribution in [0.2, 0.25) is 0 Å². The van der Waals surface area contributed by atoms with Gasteiger partial charge < -0.3 is 15.5 Å². The lowest BCUT2D eigenvalue weighted by molar-refractivity contribution is 0.140. The summed E-state index contributed by atoms with van der Waals surface area (Å²) in [5.41, 5.74) is 1.59. The summed E-state index contributed by atoms with van der Waals surface area (Å²) in [6, 6.07) is 17.3. The molecule has 0 saturated heterocycles. The normalized spacial score (nSPS) is 13.4. The molecule has 0 saturated carbocycles. The standard InChI is InChI=1S/C19H18N2O3/c22-18(14-7-9-20-10-8-14)17(12-21-19(23)24)16-6-5-13-3-1-2-4-15(13)11-16/h1-11,17-18,21-22H,12H2,(H,23,24). The van der Waals surface area contributed by atoms with E-state index in [1.807, 2.05) is 42.5 Å². The fraction of sp³-hybridized carbons (Fsp3) is 0.158. The highest BCUT2D eigenvalue weighted by molar-refractivity contribution is 5.83. The predicted molar refractivity (Wildman–Crippen MR) is 91.9 cm³/mol. The van der Waals surface area contributed by atoms with E-state index in [-0.39, 0.29) is 6.54 Å². The van der Waals surface area contributed by atoms with Crippen molar-refractivity contribution in [3.63, 3.8) is 0 Å². The molecule has 0 spiro atoms. The number of aliphatic hydroxyl groups is 1. The Balaban J connectivity index is 1.97. The topological polar surface area (TPSA) is 82.5 Å². The zero-order valence-corrected chi connectivity index (χ0v) is 13.0. The van der Waals surface area contributed by atoms with Crippen LogP contribution in [0.3, 0.4) is 0 Å². The lowest BCUT2D eigenvalue weighted by Crippen LogP contribution is -2.29. The molecular weight excluding hydrogens is 304 g/mol. The van der Waals surface area contributed by atoms with Gasteiger partial charge in [-0.3, -0.25) is 4.98 Å². The van der Waals surface area contributed by atoms with Gasteiger partial charge in [0.2, 0.25) is 0 Å². The second kappa shape index (κ2) is 7.10. The molecular formula is C19H18N2O3. The first-order valence-electron chi connectivity index (χ1n) is 7.68. The van der Waals surface area contributed by atoms with Crippen LogP contribution >= 0.6 is 0 Å². The zero-order valence-electron chi connectivity index (χ0n) is 13.0. The fourth-order valence-electron chi connectivity index (χ4n) is 2.84. The molecule has 3 N–H and O–H groups in total. The molecule has 2 aromatic carbocycles. The van der Waals surface area contributed by atoms with Crippen molar-refractivity contribution in [2.24, 2.45) is 0 Å². The molecule has 1 aromatic heterocycles. The van der Waals surface area contributed by atoms with E-state index in [9.17, 15) is 9.90 Å². The number of rotatable bonds is 5. The van der Waals surface area contributed by atoms with Crippen LogP contribution < -0.4 is 5.32 Å². The maximum atomic E-state index is 10.9. The van der Waals surface area contributed by atoms with Gasteiger partial charge in [-0.1, -0.05) is 42.5 Å². The van der Waals surface area contributed by atoms with Crippen LogP contribution in [0.4, 0.5) is 4.79 Å². The maximum Gasteiger partial charge on any atom is 0.404 e. The van der Waals surface area contributed by atoms with Gasteiger partial charge in [0.25, 0.3) is 0 Å². The van der Waals surface area contributed by atoms with Crippen LogP contribution in [0, 0.1) is 0 Å². The number of aliphatic hydroxyl groups excluding tert-OH is 1. The van der Waals surface area contributed by atoms with E-state index in [2.05, 4.69) is 10.3 Å². The molecule has 0 aliphatic heterocycles. The molecule has 3 aromatic rings. The fourth-order valence-corrected chi connectivity index (χ4v) is 2.84. The van der Waals surface area contributed by atoms with Crippen LogP contribution in [-0.2, 0) is 0 Å². The van der Waals surface area contributed by atoms with E-state index >= 15 is 0 Å². The van der Waals surface area contributed by atoms with Crippen molar-refractivity contribution in [2.75, 3.05) is 6.54 Å². The zero-order chi connectivity index (χ0) is 16.9. The summed E-state index contributed by atoms with van der Waals surface area (Å²) in [4.78, 5) is 14.9. The quantitative estimate of drug-likeness (QED) is 0.673. The number of aromatic nitrogens is 1. The minimum absolute atomic E-state index is 0.122. The number of nitrogens with one attached hydrogen (secondary N) is 1. The van der Waals surface area contributed by atoms with Crippen molar-refractivity contribution >= 4 is 16.9 Å². The van der Waals surface area contributed by atoms with Gasteiger partial charge in [-0.25, -0.2) is 4.79 Å². The first-order chi connectivity index (χ1) is 11.6. The molecule has 0 aliphatic carbocycles. The number of benzene rings is 2. The average Bonchev–Trinajstić information content (AvgIpc) is 2.62. The summed E-state index contributed by atoms with van der Waals surface area (Å²) >= 11 is 0. The largest absolute Gasteiger partial charge is 0.465 e. The highest BCUT2D eigenvalue weighted by atomic mass is 16.4. The number of nitrogens with zero attached hydrogens (tertiary/aromatic N) is 1. The Morgan fingerprint density at radius 1 is 1.00 bits per heavy atom. The molecule has 1 amide bonds. The highest BCUT2D eigenvalue weighted by Gasteiger charge is 2.23. The van der Waals surface area contributed by atoms with Gasteiger partial charge in [0.05, 0.1) is 6.10 Å². The lowest BCUT2D eigenvalue weighted by Gasteiger charge is -2.24. The SMILES string of the molecule is O=C(O)NCC(c1ccc2ccccc2c1)C(O)c1ccncc1. The minimum Gasteiger partial charge on any atom is -0.465 e. The third-order valence-corrected chi connectivity index (χ3v) is 4.10. The summed E-state index contributed by atoms with van der Waals surface area (Å²) in [5.74, 6) is -0.395. The van der Waals surface area contributed by atoms with E-state index in [1.165, 1.54) is 0 Å². The Hall–Kier alpha value is -2.92. The number of carboxylic acid groups (broad SMARTS) is 1. The Morgan fingerprint density at radius 3 is 2.42 bits per heavy atom. The average molecular weight is 322 g/mol. The Bertz CT molecular complexity index is 836. The molecule has 24 heavy (non-hydrogen) atoms. The van der Waals surface area contributed by atoms with Gasteiger partial charge in [-0.15, -0.1) is 0 Å². The number of fused-ring (bicyclic) bond motifs is 1. The summed E-state index contributed by atoms with van der Waals surface area (Å²) < 4.78 is 0. The third kappa shape index (κ3) is 3.52. The smallest absolute Gasteiger partial charge is 0.404 e. The van der Waals surface area contributed by atoms with Crippen molar-refractivity contribution in [2.45, 2.75) is 12.0 Å². The number of hydrogen-bond donors (Lipinski definition) is 3. The molecule has 3 rings (SSSR count). The van der Waals surface area contributed by atoms with Gasteiger partial charge in [-0.05, 0) is 34.0 Å². The molecule has 0 bridgehead atoms. The molecule has 122 valence electrons. The van der Waals surface area contributed by atoms with Crippen LogP contribution in [-0.4, -0.2) is 27.8 Å². The monoisotopic (exact) mass is 322 g/mol. The Labute approximate surface area is 139 Å². The molecule has 1 heterocycles.